The van der Waals surface area contributed by atoms with Crippen LogP contribution in [-0.2, 0) is 21.2 Å². The number of likely N-dealkylation sites (tertiary alicyclic amines) is 1. The summed E-state index contributed by atoms with van der Waals surface area (Å²) in [5.74, 6) is 0.465. The van der Waals surface area contributed by atoms with E-state index in [2.05, 4.69) is 28.0 Å². The van der Waals surface area contributed by atoms with E-state index in [1.807, 2.05) is 6.07 Å². The molecule has 34 heavy (non-hydrogen) atoms. The van der Waals surface area contributed by atoms with E-state index in [4.69, 9.17) is 9.47 Å². The first-order chi connectivity index (χ1) is 16.5. The minimum absolute atomic E-state index is 0.318. The van der Waals surface area contributed by atoms with E-state index in [-0.39, 0.29) is 5.25 Å². The molecule has 7 heteroatoms. The van der Waals surface area contributed by atoms with Gasteiger partial charge in [-0.3, -0.25) is 4.90 Å². The second kappa shape index (κ2) is 8.85. The predicted molar refractivity (Wildman–Crippen MR) is 132 cm³/mol. The Morgan fingerprint density at radius 2 is 1.62 bits per heavy atom. The van der Waals surface area contributed by atoms with E-state index >= 15 is 0 Å². The van der Waals surface area contributed by atoms with Crippen LogP contribution in [0, 0.1) is 0 Å². The lowest BCUT2D eigenvalue weighted by molar-refractivity contribution is -0.231. The van der Waals surface area contributed by atoms with Crippen molar-refractivity contribution >= 4 is 15.5 Å². The van der Waals surface area contributed by atoms with Crippen molar-refractivity contribution in [2.24, 2.45) is 0 Å². The van der Waals surface area contributed by atoms with Gasteiger partial charge in [-0.1, -0.05) is 24.6 Å². The molecule has 0 amide bonds. The average Bonchev–Trinajstić information content (AvgIpc) is 2.85. The maximum absolute atomic E-state index is 13.0. The molecule has 1 saturated carbocycles. The van der Waals surface area contributed by atoms with E-state index in [0.29, 0.717) is 24.3 Å². The third-order valence-electron chi connectivity index (χ3n) is 8.30. The summed E-state index contributed by atoms with van der Waals surface area (Å²) in [5.41, 5.74) is 2.21. The van der Waals surface area contributed by atoms with Crippen LogP contribution in [0.5, 0.6) is 5.75 Å². The molecule has 182 valence electrons. The number of ether oxygens (including phenoxy) is 2. The fraction of sp³-hybridized carbons (Fsp3) is 0.556. The molecule has 6 rings (SSSR count). The van der Waals surface area contributed by atoms with Gasteiger partial charge in [-0.2, -0.15) is 0 Å². The van der Waals surface area contributed by atoms with Crippen molar-refractivity contribution in [2.75, 3.05) is 31.1 Å². The Morgan fingerprint density at radius 3 is 2.29 bits per heavy atom. The van der Waals surface area contributed by atoms with Gasteiger partial charge in [-0.25, -0.2) is 8.42 Å². The predicted octanol–water partition coefficient (Wildman–Crippen LogP) is 4.38. The van der Waals surface area contributed by atoms with Gasteiger partial charge in [-0.15, -0.1) is 0 Å². The minimum atomic E-state index is -3.28. The normalized spacial score (nSPS) is 23.8. The first-order valence-electron chi connectivity index (χ1n) is 12.8. The second-order valence-corrected chi connectivity index (χ2v) is 12.5. The molecule has 0 aromatic heterocycles. The zero-order valence-corrected chi connectivity index (χ0v) is 20.5. The van der Waals surface area contributed by atoms with Crippen LogP contribution in [0.15, 0.2) is 53.4 Å². The molecule has 1 aliphatic carbocycles. The van der Waals surface area contributed by atoms with Crippen molar-refractivity contribution < 1.29 is 17.9 Å². The molecule has 0 radical (unpaired) electrons. The van der Waals surface area contributed by atoms with Gasteiger partial charge in [0.25, 0.3) is 0 Å². The smallest absolute Gasteiger partial charge is 0.213 e. The highest BCUT2D eigenvalue weighted by atomic mass is 32.2. The zero-order valence-electron chi connectivity index (χ0n) is 19.7. The van der Waals surface area contributed by atoms with Gasteiger partial charge in [0, 0.05) is 56.3 Å². The molecule has 2 saturated heterocycles. The SMILES string of the molecule is O=S(=O)(c1ccccc1)C1CCN(c2ccc3c(c2)COC2(CCN(C4CCC4)CC2)O3)CC1. The summed E-state index contributed by atoms with van der Waals surface area (Å²) in [6, 6.07) is 16.0. The third-order valence-corrected chi connectivity index (χ3v) is 10.6. The van der Waals surface area contributed by atoms with Gasteiger partial charge in [0.05, 0.1) is 16.8 Å². The van der Waals surface area contributed by atoms with Crippen LogP contribution in [-0.4, -0.2) is 56.6 Å². The number of piperidine rings is 2. The summed E-state index contributed by atoms with van der Waals surface area (Å²) in [7, 11) is -3.28. The molecule has 0 atom stereocenters. The van der Waals surface area contributed by atoms with E-state index in [0.717, 1.165) is 62.1 Å². The Balaban J connectivity index is 1.08. The van der Waals surface area contributed by atoms with Crippen molar-refractivity contribution in [1.82, 2.24) is 4.90 Å². The number of benzene rings is 2. The van der Waals surface area contributed by atoms with Gasteiger partial charge in [0.15, 0.2) is 9.84 Å². The monoisotopic (exact) mass is 482 g/mol. The lowest BCUT2D eigenvalue weighted by Crippen LogP contribution is -2.54. The maximum atomic E-state index is 13.0. The number of rotatable bonds is 4. The molecule has 2 aromatic rings. The van der Waals surface area contributed by atoms with E-state index in [1.54, 1.807) is 24.3 Å². The lowest BCUT2D eigenvalue weighted by atomic mass is 9.89. The topological polar surface area (TPSA) is 59.1 Å². The third kappa shape index (κ3) is 4.12. The average molecular weight is 483 g/mol. The largest absolute Gasteiger partial charge is 0.462 e. The number of anilines is 1. The molecule has 0 N–H and O–H groups in total. The van der Waals surface area contributed by atoms with Crippen LogP contribution in [0.2, 0.25) is 0 Å². The summed E-state index contributed by atoms with van der Waals surface area (Å²) in [4.78, 5) is 5.34. The van der Waals surface area contributed by atoms with E-state index in [9.17, 15) is 8.42 Å². The van der Waals surface area contributed by atoms with Gasteiger partial charge < -0.3 is 14.4 Å². The Kier molecular flexibility index (Phi) is 5.82. The fourth-order valence-electron chi connectivity index (χ4n) is 5.87. The van der Waals surface area contributed by atoms with Crippen LogP contribution in [0.1, 0.15) is 50.5 Å². The number of fused-ring (bicyclic) bond motifs is 1. The molecule has 1 spiro atoms. The molecule has 4 aliphatic rings. The molecule has 0 bridgehead atoms. The van der Waals surface area contributed by atoms with E-state index < -0.39 is 15.6 Å². The number of sulfone groups is 1. The van der Waals surface area contributed by atoms with Crippen molar-refractivity contribution in [3.63, 3.8) is 0 Å². The quantitative estimate of drug-likeness (QED) is 0.645. The summed E-state index contributed by atoms with van der Waals surface area (Å²) in [6.45, 7) is 4.15. The summed E-state index contributed by atoms with van der Waals surface area (Å²) in [6.07, 6.45) is 7.19. The highest BCUT2D eigenvalue weighted by molar-refractivity contribution is 7.92. The maximum Gasteiger partial charge on any atom is 0.213 e. The first-order valence-corrected chi connectivity index (χ1v) is 14.3. The van der Waals surface area contributed by atoms with Crippen LogP contribution < -0.4 is 9.64 Å². The molecule has 3 fully saturated rings. The second-order valence-electron chi connectivity index (χ2n) is 10.3. The Morgan fingerprint density at radius 1 is 0.882 bits per heavy atom. The summed E-state index contributed by atoms with van der Waals surface area (Å²) in [5, 5.41) is -0.318. The molecule has 3 heterocycles. The highest BCUT2D eigenvalue weighted by Crippen LogP contribution is 2.41. The van der Waals surface area contributed by atoms with Crippen molar-refractivity contribution in [3.05, 3.63) is 54.1 Å². The molecule has 0 unspecified atom stereocenters. The molecule has 6 nitrogen and oxygen atoms in total. The standard InChI is InChI=1S/C27H34N2O4S/c30-34(31,24-7-2-1-3-8-24)25-11-15-28(16-12-25)23-9-10-26-21(19-23)20-32-27(33-26)13-17-29(18-14-27)22-5-4-6-22/h1-3,7-10,19,22,25H,4-6,11-18,20H2. The number of hydrogen-bond acceptors (Lipinski definition) is 6. The summed E-state index contributed by atoms with van der Waals surface area (Å²) < 4.78 is 38.8. The van der Waals surface area contributed by atoms with Crippen LogP contribution in [0.25, 0.3) is 0 Å². The first kappa shape index (κ1) is 22.4. The fourth-order valence-corrected chi connectivity index (χ4v) is 7.62. The van der Waals surface area contributed by atoms with Gasteiger partial charge in [0.2, 0.25) is 5.79 Å². The van der Waals surface area contributed by atoms with Gasteiger partial charge in [-0.05, 0) is 56.0 Å². The van der Waals surface area contributed by atoms with Gasteiger partial charge in [0.1, 0.15) is 5.75 Å². The Labute approximate surface area is 202 Å². The van der Waals surface area contributed by atoms with Crippen molar-refractivity contribution in [1.29, 1.82) is 0 Å². The highest BCUT2D eigenvalue weighted by Gasteiger charge is 2.43. The van der Waals surface area contributed by atoms with Crippen LogP contribution in [0.3, 0.4) is 0 Å². The van der Waals surface area contributed by atoms with Crippen LogP contribution >= 0.6 is 0 Å². The van der Waals surface area contributed by atoms with E-state index in [1.165, 1.54) is 19.3 Å². The van der Waals surface area contributed by atoms with Crippen molar-refractivity contribution in [2.45, 2.75) is 73.5 Å². The zero-order chi connectivity index (χ0) is 23.2. The number of hydrogen-bond donors (Lipinski definition) is 0. The lowest BCUT2D eigenvalue weighted by Gasteiger charge is -2.47. The van der Waals surface area contributed by atoms with Crippen LogP contribution in [0.4, 0.5) is 5.69 Å². The Hall–Kier alpha value is -2.09. The molecule has 3 aliphatic heterocycles. The summed E-state index contributed by atoms with van der Waals surface area (Å²) >= 11 is 0. The molecule has 2 aromatic carbocycles. The van der Waals surface area contributed by atoms with Crippen molar-refractivity contribution in [3.8, 4) is 5.75 Å². The Bertz CT molecular complexity index is 1120. The van der Waals surface area contributed by atoms with Gasteiger partial charge >= 0.3 is 0 Å². The number of nitrogens with zero attached hydrogens (tertiary/aromatic N) is 2. The molecular weight excluding hydrogens is 448 g/mol. The molecular formula is C27H34N2O4S. The minimum Gasteiger partial charge on any atom is -0.462 e.